The Kier molecular flexibility index (Phi) is 6.46. The normalized spacial score (nSPS) is 9.68. The molecule has 0 amide bonds. The van der Waals surface area contributed by atoms with Crippen molar-refractivity contribution in [2.75, 3.05) is 12.4 Å². The summed E-state index contributed by atoms with van der Waals surface area (Å²) in [6.07, 6.45) is 0.873. The van der Waals surface area contributed by atoms with Gasteiger partial charge in [-0.2, -0.15) is 0 Å². The summed E-state index contributed by atoms with van der Waals surface area (Å²) in [6, 6.07) is 4.71. The van der Waals surface area contributed by atoms with Gasteiger partial charge in [0.25, 0.3) is 0 Å². The Labute approximate surface area is 138 Å². The molecule has 2 rings (SSSR count). The zero-order chi connectivity index (χ0) is 16.9. The van der Waals surface area contributed by atoms with Crippen LogP contribution < -0.4 is 10.7 Å². The lowest BCUT2D eigenvalue weighted by atomic mass is 10.1. The van der Waals surface area contributed by atoms with E-state index in [1.807, 2.05) is 13.8 Å². The molecule has 118 valence electrons. The van der Waals surface area contributed by atoms with Gasteiger partial charge in [0.1, 0.15) is 5.82 Å². The van der Waals surface area contributed by atoms with Crippen LogP contribution in [0.3, 0.4) is 0 Å². The largest absolute Gasteiger partial charge is 0.503 e. The Balaban J connectivity index is 0.00000116. The van der Waals surface area contributed by atoms with Crippen molar-refractivity contribution >= 4 is 35.2 Å². The molecule has 0 spiro atoms. The summed E-state index contributed by atoms with van der Waals surface area (Å²) < 4.78 is 0. The molecule has 0 unspecified atom stereocenters. The second-order valence-electron chi connectivity index (χ2n) is 3.98. The molecule has 7 heteroatoms. The van der Waals surface area contributed by atoms with Crippen molar-refractivity contribution in [1.29, 1.82) is 5.41 Å². The minimum atomic E-state index is -0.649. The van der Waals surface area contributed by atoms with Gasteiger partial charge in [0, 0.05) is 23.8 Å². The fourth-order valence-corrected chi connectivity index (χ4v) is 2.33. The number of anilines is 1. The minimum absolute atomic E-state index is 0.0406. The molecule has 1 heterocycles. The molecule has 0 radical (unpaired) electrons. The van der Waals surface area contributed by atoms with Crippen LogP contribution in [0.1, 0.15) is 19.4 Å². The Morgan fingerprint density at radius 2 is 1.95 bits per heavy atom. The molecule has 1 aromatic heterocycles. The first kappa shape index (κ1) is 18.1. The Morgan fingerprint density at radius 1 is 1.32 bits per heavy atom. The Morgan fingerprint density at radius 3 is 2.45 bits per heavy atom. The average molecular weight is 342 g/mol. The maximum absolute atomic E-state index is 12.0. The van der Waals surface area contributed by atoms with E-state index in [0.717, 1.165) is 6.21 Å². The van der Waals surface area contributed by atoms with E-state index in [2.05, 4.69) is 10.3 Å². The van der Waals surface area contributed by atoms with Gasteiger partial charge in [-0.1, -0.05) is 37.0 Å². The van der Waals surface area contributed by atoms with E-state index < -0.39 is 11.2 Å². The second-order valence-corrected chi connectivity index (χ2v) is 4.83. The fourth-order valence-electron chi connectivity index (χ4n) is 1.83. The molecule has 1 aromatic carbocycles. The van der Waals surface area contributed by atoms with Crippen molar-refractivity contribution in [3.05, 3.63) is 44.0 Å². The highest BCUT2D eigenvalue weighted by molar-refractivity contribution is 6.36. The topological polar surface area (TPSA) is 89.0 Å². The smallest absolute Gasteiger partial charge is 0.234 e. The number of H-pyrrole nitrogens is 1. The predicted molar refractivity (Wildman–Crippen MR) is 93.0 cm³/mol. The lowest BCUT2D eigenvalue weighted by Crippen LogP contribution is -2.14. The zero-order valence-corrected chi connectivity index (χ0v) is 13.9. The molecule has 0 fully saturated rings. The SMILES string of the molecule is CC.CNc1[nH]c(-c2ccc(Cl)cc2Cl)c(O)c(=O)c1C=N. The lowest BCUT2D eigenvalue weighted by Gasteiger charge is -2.12. The molecule has 0 atom stereocenters. The van der Waals surface area contributed by atoms with Gasteiger partial charge in [-0.3, -0.25) is 4.79 Å². The summed E-state index contributed by atoms with van der Waals surface area (Å²) in [7, 11) is 1.60. The van der Waals surface area contributed by atoms with Crippen LogP contribution in [0.15, 0.2) is 23.0 Å². The van der Waals surface area contributed by atoms with Crippen molar-refractivity contribution in [1.82, 2.24) is 4.98 Å². The third-order valence-corrected chi connectivity index (χ3v) is 3.36. The molecule has 4 N–H and O–H groups in total. The number of hydrogen-bond donors (Lipinski definition) is 4. The number of aromatic nitrogens is 1. The van der Waals surface area contributed by atoms with Gasteiger partial charge in [-0.05, 0) is 18.2 Å². The number of benzene rings is 1. The van der Waals surface area contributed by atoms with Crippen LogP contribution in [0.25, 0.3) is 11.3 Å². The maximum Gasteiger partial charge on any atom is 0.234 e. The van der Waals surface area contributed by atoms with Gasteiger partial charge >= 0.3 is 0 Å². The van der Waals surface area contributed by atoms with E-state index in [1.54, 1.807) is 19.2 Å². The molecule has 0 saturated heterocycles. The molecular weight excluding hydrogens is 325 g/mol. The molecule has 0 bridgehead atoms. The third-order valence-electron chi connectivity index (χ3n) is 2.81. The standard InChI is InChI=1S/C13H11Cl2N3O2.C2H6/c1-17-13-8(5-16)11(19)12(20)10(18-13)7-3-2-6(14)4-9(7)15;1-2/h2-5,16,20H,1H3,(H2,17,18,19);1-2H3. The molecule has 5 nitrogen and oxygen atoms in total. The highest BCUT2D eigenvalue weighted by Gasteiger charge is 2.17. The summed E-state index contributed by atoms with van der Waals surface area (Å²) in [6.45, 7) is 4.00. The maximum atomic E-state index is 12.0. The molecule has 2 aromatic rings. The molecular formula is C15H17Cl2N3O2. The number of aromatic hydroxyl groups is 1. The van der Waals surface area contributed by atoms with Crippen LogP contribution in [0.4, 0.5) is 5.82 Å². The quantitative estimate of drug-likeness (QED) is 0.633. The van der Waals surface area contributed by atoms with Gasteiger partial charge in [0.15, 0.2) is 5.75 Å². The van der Waals surface area contributed by atoms with Gasteiger partial charge in [0.05, 0.1) is 16.3 Å². The summed E-state index contributed by atoms with van der Waals surface area (Å²) in [5, 5.41) is 20.8. The van der Waals surface area contributed by atoms with Crippen LogP contribution in [0.2, 0.25) is 10.0 Å². The van der Waals surface area contributed by atoms with Crippen molar-refractivity contribution in [3.8, 4) is 17.0 Å². The number of pyridine rings is 1. The summed E-state index contributed by atoms with van der Waals surface area (Å²) in [5.41, 5.74) is 0.00765. The molecule has 0 saturated carbocycles. The van der Waals surface area contributed by atoms with E-state index in [0.29, 0.717) is 21.4 Å². The number of nitrogens with one attached hydrogen (secondary N) is 3. The molecule has 0 aliphatic carbocycles. The zero-order valence-electron chi connectivity index (χ0n) is 12.4. The van der Waals surface area contributed by atoms with Gasteiger partial charge in [0.2, 0.25) is 5.43 Å². The molecule has 22 heavy (non-hydrogen) atoms. The van der Waals surface area contributed by atoms with Gasteiger partial charge in [-0.15, -0.1) is 0 Å². The Bertz CT molecular complexity index is 742. The van der Waals surface area contributed by atoms with E-state index in [1.165, 1.54) is 6.07 Å². The number of hydrogen-bond acceptors (Lipinski definition) is 4. The van der Waals surface area contributed by atoms with Crippen molar-refractivity contribution < 1.29 is 5.11 Å². The number of aromatic amines is 1. The van der Waals surface area contributed by atoms with Gasteiger partial charge < -0.3 is 20.8 Å². The highest BCUT2D eigenvalue weighted by atomic mass is 35.5. The van der Waals surface area contributed by atoms with Crippen molar-refractivity contribution in [2.24, 2.45) is 0 Å². The van der Waals surface area contributed by atoms with E-state index in [4.69, 9.17) is 28.6 Å². The second kappa shape index (κ2) is 7.87. The molecule has 0 aliphatic heterocycles. The fraction of sp³-hybridized carbons (Fsp3) is 0.200. The monoisotopic (exact) mass is 341 g/mol. The average Bonchev–Trinajstić information content (AvgIpc) is 2.52. The van der Waals surface area contributed by atoms with E-state index >= 15 is 0 Å². The molecule has 0 aliphatic rings. The van der Waals surface area contributed by atoms with Gasteiger partial charge in [-0.25, -0.2) is 0 Å². The predicted octanol–water partition coefficient (Wildman–Crippen LogP) is 4.12. The van der Waals surface area contributed by atoms with Crippen molar-refractivity contribution in [3.63, 3.8) is 0 Å². The summed E-state index contributed by atoms with van der Waals surface area (Å²) in [4.78, 5) is 14.9. The minimum Gasteiger partial charge on any atom is -0.503 e. The number of halogens is 2. The first-order valence-corrected chi connectivity index (χ1v) is 7.38. The van der Waals surface area contributed by atoms with E-state index in [-0.39, 0.29) is 11.3 Å². The summed E-state index contributed by atoms with van der Waals surface area (Å²) in [5.74, 6) is -0.171. The van der Waals surface area contributed by atoms with Crippen LogP contribution in [-0.4, -0.2) is 23.4 Å². The first-order valence-electron chi connectivity index (χ1n) is 6.62. The third kappa shape index (κ3) is 3.43. The first-order chi connectivity index (χ1) is 10.5. The lowest BCUT2D eigenvalue weighted by molar-refractivity contribution is 0.470. The Hall–Kier alpha value is -1.98. The van der Waals surface area contributed by atoms with E-state index in [9.17, 15) is 9.90 Å². The van der Waals surface area contributed by atoms with Crippen LogP contribution in [0, 0.1) is 5.41 Å². The number of rotatable bonds is 3. The summed E-state index contributed by atoms with van der Waals surface area (Å²) >= 11 is 11.9. The van der Waals surface area contributed by atoms with Crippen LogP contribution in [-0.2, 0) is 0 Å². The van der Waals surface area contributed by atoms with Crippen LogP contribution >= 0.6 is 23.2 Å². The van der Waals surface area contributed by atoms with Crippen molar-refractivity contribution in [2.45, 2.75) is 13.8 Å². The van der Waals surface area contributed by atoms with Crippen LogP contribution in [0.5, 0.6) is 5.75 Å². The highest BCUT2D eigenvalue weighted by Crippen LogP contribution is 2.33.